The van der Waals surface area contributed by atoms with E-state index in [9.17, 15) is 4.79 Å². The summed E-state index contributed by atoms with van der Waals surface area (Å²) in [7, 11) is 3.59. The number of benzene rings is 1. The number of nitrogens with zero attached hydrogens (tertiary/aromatic N) is 2. The van der Waals surface area contributed by atoms with Crippen molar-refractivity contribution >= 4 is 27.0 Å². The van der Waals surface area contributed by atoms with Crippen LogP contribution >= 0.6 is 15.9 Å². The van der Waals surface area contributed by atoms with Gasteiger partial charge in [-0.3, -0.25) is 9.13 Å². The zero-order valence-corrected chi connectivity index (χ0v) is 12.1. The first-order valence-electron chi connectivity index (χ1n) is 6.11. The van der Waals surface area contributed by atoms with Crippen molar-refractivity contribution in [2.45, 2.75) is 18.9 Å². The van der Waals surface area contributed by atoms with Crippen LogP contribution in [0.15, 0.2) is 21.4 Å². The molecule has 2 aromatic rings. The van der Waals surface area contributed by atoms with Gasteiger partial charge in [-0.05, 0) is 36.5 Å². The number of aromatic nitrogens is 2. The van der Waals surface area contributed by atoms with E-state index in [-0.39, 0.29) is 11.7 Å². The second-order valence-corrected chi connectivity index (χ2v) is 5.98. The fourth-order valence-electron chi connectivity index (χ4n) is 2.50. The molecule has 0 radical (unpaired) electrons. The van der Waals surface area contributed by atoms with E-state index in [0.717, 1.165) is 21.1 Å². The fourth-order valence-corrected chi connectivity index (χ4v) is 3.10. The maximum Gasteiger partial charge on any atom is 0.328 e. The molecule has 0 bridgehead atoms. The Morgan fingerprint density at radius 2 is 1.83 bits per heavy atom. The molecule has 3 rings (SSSR count). The molecule has 1 saturated carbocycles. The van der Waals surface area contributed by atoms with E-state index in [0.29, 0.717) is 5.92 Å². The maximum absolute atomic E-state index is 11.9. The summed E-state index contributed by atoms with van der Waals surface area (Å²) in [5, 5.41) is 0. The summed E-state index contributed by atoms with van der Waals surface area (Å²) in [5.74, 6) is 0.597. The quantitative estimate of drug-likeness (QED) is 0.923. The lowest BCUT2D eigenvalue weighted by atomic mass is 10.0. The van der Waals surface area contributed by atoms with Crippen LogP contribution < -0.4 is 11.4 Å². The lowest BCUT2D eigenvalue weighted by Gasteiger charge is -2.13. The molecule has 5 heteroatoms. The van der Waals surface area contributed by atoms with Crippen LogP contribution in [0.25, 0.3) is 11.0 Å². The SMILES string of the molecule is Cn1c(=O)n(C)c2cc(C(N)C3CC3)c(Br)cc21. The van der Waals surface area contributed by atoms with Crippen LogP contribution in [0, 0.1) is 5.92 Å². The van der Waals surface area contributed by atoms with E-state index in [1.807, 2.05) is 12.1 Å². The molecule has 1 aromatic carbocycles. The van der Waals surface area contributed by atoms with E-state index >= 15 is 0 Å². The smallest absolute Gasteiger partial charge is 0.324 e. The van der Waals surface area contributed by atoms with Crippen molar-refractivity contribution in [2.24, 2.45) is 25.7 Å². The number of hydrogen-bond acceptors (Lipinski definition) is 2. The third kappa shape index (κ3) is 1.65. The molecular weight excluding hydrogens is 294 g/mol. The van der Waals surface area contributed by atoms with Crippen molar-refractivity contribution in [1.29, 1.82) is 0 Å². The summed E-state index contributed by atoms with van der Waals surface area (Å²) in [6.07, 6.45) is 2.42. The summed E-state index contributed by atoms with van der Waals surface area (Å²) in [4.78, 5) is 11.9. The standard InChI is InChI=1S/C13H16BrN3O/c1-16-10-5-8(12(15)7-3-4-7)9(14)6-11(10)17(2)13(16)18/h5-7,12H,3-4,15H2,1-2H3. The number of aryl methyl sites for hydroxylation is 2. The van der Waals surface area contributed by atoms with Crippen LogP contribution in [0.1, 0.15) is 24.4 Å². The minimum Gasteiger partial charge on any atom is -0.324 e. The van der Waals surface area contributed by atoms with Gasteiger partial charge in [-0.15, -0.1) is 0 Å². The number of nitrogens with two attached hydrogens (primary N) is 1. The molecular formula is C13H16BrN3O. The maximum atomic E-state index is 11.9. The van der Waals surface area contributed by atoms with E-state index in [1.54, 1.807) is 23.2 Å². The first kappa shape index (κ1) is 12.0. The Morgan fingerprint density at radius 3 is 2.39 bits per heavy atom. The molecule has 96 valence electrons. The van der Waals surface area contributed by atoms with Crippen LogP contribution in [-0.4, -0.2) is 9.13 Å². The highest BCUT2D eigenvalue weighted by molar-refractivity contribution is 9.10. The number of imidazole rings is 1. The highest BCUT2D eigenvalue weighted by Crippen LogP contribution is 2.42. The van der Waals surface area contributed by atoms with Crippen molar-refractivity contribution in [1.82, 2.24) is 9.13 Å². The monoisotopic (exact) mass is 309 g/mol. The first-order valence-corrected chi connectivity index (χ1v) is 6.90. The van der Waals surface area contributed by atoms with Gasteiger partial charge in [0.25, 0.3) is 0 Å². The second-order valence-electron chi connectivity index (χ2n) is 5.13. The Balaban J connectivity index is 2.25. The molecule has 0 spiro atoms. The Kier molecular flexibility index (Phi) is 2.64. The topological polar surface area (TPSA) is 53.0 Å². The van der Waals surface area contributed by atoms with Gasteiger partial charge < -0.3 is 5.73 Å². The molecule has 1 fully saturated rings. The van der Waals surface area contributed by atoms with Crippen molar-refractivity contribution < 1.29 is 0 Å². The van der Waals surface area contributed by atoms with Gasteiger partial charge in [-0.25, -0.2) is 4.79 Å². The zero-order chi connectivity index (χ0) is 13.0. The van der Waals surface area contributed by atoms with Gasteiger partial charge in [-0.1, -0.05) is 15.9 Å². The van der Waals surface area contributed by atoms with Gasteiger partial charge in [0.15, 0.2) is 0 Å². The van der Waals surface area contributed by atoms with Gasteiger partial charge in [-0.2, -0.15) is 0 Å². The van der Waals surface area contributed by atoms with Crippen LogP contribution in [0.4, 0.5) is 0 Å². The molecule has 0 saturated heterocycles. The largest absolute Gasteiger partial charge is 0.328 e. The first-order chi connectivity index (χ1) is 8.50. The lowest BCUT2D eigenvalue weighted by molar-refractivity contribution is 0.631. The third-order valence-electron chi connectivity index (χ3n) is 3.88. The number of halogens is 1. The van der Waals surface area contributed by atoms with Crippen molar-refractivity contribution in [3.8, 4) is 0 Å². The average Bonchev–Trinajstić information content (AvgIpc) is 3.16. The molecule has 1 aromatic heterocycles. The highest BCUT2D eigenvalue weighted by atomic mass is 79.9. The van der Waals surface area contributed by atoms with Crippen molar-refractivity contribution in [2.75, 3.05) is 0 Å². The number of fused-ring (bicyclic) bond motifs is 1. The predicted octanol–water partition coefficient (Wildman–Crippen LogP) is 2.05. The Morgan fingerprint density at radius 1 is 1.28 bits per heavy atom. The molecule has 1 heterocycles. The summed E-state index contributed by atoms with van der Waals surface area (Å²) < 4.78 is 4.33. The Bertz CT molecular complexity index is 682. The minimum atomic E-state index is -0.00552. The molecule has 18 heavy (non-hydrogen) atoms. The Hall–Kier alpha value is -1.07. The van der Waals surface area contributed by atoms with Crippen LogP contribution in [-0.2, 0) is 14.1 Å². The molecule has 1 aliphatic rings. The summed E-state index contributed by atoms with van der Waals surface area (Å²) >= 11 is 3.58. The summed E-state index contributed by atoms with van der Waals surface area (Å²) in [6.45, 7) is 0. The molecule has 0 amide bonds. The summed E-state index contributed by atoms with van der Waals surface area (Å²) in [5.41, 5.74) is 9.23. The fraction of sp³-hybridized carbons (Fsp3) is 0.462. The van der Waals surface area contributed by atoms with Crippen LogP contribution in [0.5, 0.6) is 0 Å². The molecule has 4 nitrogen and oxygen atoms in total. The van der Waals surface area contributed by atoms with Gasteiger partial charge >= 0.3 is 5.69 Å². The molecule has 0 aliphatic heterocycles. The normalized spacial score (nSPS) is 17.3. The zero-order valence-electron chi connectivity index (χ0n) is 10.5. The van der Waals surface area contributed by atoms with Gasteiger partial charge in [0, 0.05) is 24.6 Å². The Labute approximate surface area is 114 Å². The van der Waals surface area contributed by atoms with E-state index in [2.05, 4.69) is 15.9 Å². The highest BCUT2D eigenvalue weighted by Gasteiger charge is 2.31. The minimum absolute atomic E-state index is 0.00552. The van der Waals surface area contributed by atoms with Crippen LogP contribution in [0.2, 0.25) is 0 Å². The predicted molar refractivity (Wildman–Crippen MR) is 75.5 cm³/mol. The second kappa shape index (κ2) is 3.96. The number of rotatable bonds is 2. The van der Waals surface area contributed by atoms with Gasteiger partial charge in [0.05, 0.1) is 11.0 Å². The lowest BCUT2D eigenvalue weighted by Crippen LogP contribution is -2.19. The van der Waals surface area contributed by atoms with Crippen molar-refractivity contribution in [3.05, 3.63) is 32.7 Å². The van der Waals surface area contributed by atoms with E-state index in [4.69, 9.17) is 5.73 Å². The van der Waals surface area contributed by atoms with E-state index < -0.39 is 0 Å². The van der Waals surface area contributed by atoms with Gasteiger partial charge in [0.1, 0.15) is 0 Å². The third-order valence-corrected chi connectivity index (χ3v) is 4.57. The molecule has 1 aliphatic carbocycles. The number of hydrogen-bond donors (Lipinski definition) is 1. The van der Waals surface area contributed by atoms with Crippen LogP contribution in [0.3, 0.4) is 0 Å². The van der Waals surface area contributed by atoms with Crippen molar-refractivity contribution in [3.63, 3.8) is 0 Å². The molecule has 2 N–H and O–H groups in total. The molecule has 1 atom stereocenters. The molecule has 1 unspecified atom stereocenters. The average molecular weight is 310 g/mol. The summed E-state index contributed by atoms with van der Waals surface area (Å²) in [6, 6.07) is 4.11. The van der Waals surface area contributed by atoms with Gasteiger partial charge in [0.2, 0.25) is 0 Å². The van der Waals surface area contributed by atoms with E-state index in [1.165, 1.54) is 12.8 Å².